The van der Waals surface area contributed by atoms with E-state index < -0.39 is 28.7 Å². The summed E-state index contributed by atoms with van der Waals surface area (Å²) in [5.41, 5.74) is 5.87. The van der Waals surface area contributed by atoms with Gasteiger partial charge in [0.1, 0.15) is 30.5 Å². The number of carbonyl (C=O) groups excluding carboxylic acids is 2. The van der Waals surface area contributed by atoms with Crippen LogP contribution in [0.5, 0.6) is 0 Å². The largest absolute Gasteiger partial charge is 0.481 e. The molecule has 0 aromatic carbocycles. The van der Waals surface area contributed by atoms with Crippen molar-refractivity contribution in [3.63, 3.8) is 0 Å². The zero-order chi connectivity index (χ0) is 24.7. The van der Waals surface area contributed by atoms with E-state index in [9.17, 15) is 19.5 Å². The molecule has 0 radical (unpaired) electrons. The lowest BCUT2D eigenvalue weighted by atomic mass is 9.80. The number of aromatic nitrogens is 2. The Morgan fingerprint density at radius 3 is 3.00 bits per heavy atom. The maximum Gasteiger partial charge on any atom is 0.312 e. The normalized spacial score (nSPS) is 24.1. The smallest absolute Gasteiger partial charge is 0.312 e. The van der Waals surface area contributed by atoms with E-state index >= 15 is 0 Å². The predicted molar refractivity (Wildman–Crippen MR) is 128 cm³/mol. The second-order valence-electron chi connectivity index (χ2n) is 8.22. The topological polar surface area (TPSA) is 173 Å². The zero-order valence-corrected chi connectivity index (χ0v) is 20.0. The van der Waals surface area contributed by atoms with Gasteiger partial charge in [0.05, 0.1) is 10.9 Å². The Morgan fingerprint density at radius 2 is 2.29 bits per heavy atom. The number of aliphatic carboxylic acids is 1. The van der Waals surface area contributed by atoms with Crippen LogP contribution in [0.3, 0.4) is 0 Å². The van der Waals surface area contributed by atoms with E-state index in [0.29, 0.717) is 0 Å². The molecule has 0 aliphatic carbocycles. The van der Waals surface area contributed by atoms with Gasteiger partial charge in [-0.05, 0) is 18.1 Å². The average molecular weight is 517 g/mol. The van der Waals surface area contributed by atoms with E-state index in [2.05, 4.69) is 20.4 Å². The molecule has 2 amide bonds. The summed E-state index contributed by atoms with van der Waals surface area (Å²) >= 11 is 2.83. The standard InChI is InChI=1S/C21H20N6O6S2/c1-32-26-14(12-5-33-20(22)24-12)16(28)25-15-17(29)27-8-21(19(30)31,9-35-18(15)27)4-10-2-3-23-13-7-34-6-11(10)13/h2-3,5-7,15,18H,4,8-9H2,1H3,(H2,22,24)(H,25,28)(H,30,31)/t15?,18-,21?/m1/s1. The van der Waals surface area contributed by atoms with Gasteiger partial charge in [-0.15, -0.1) is 23.1 Å². The fourth-order valence-corrected chi connectivity index (χ4v) is 6.62. The summed E-state index contributed by atoms with van der Waals surface area (Å²) in [6.07, 6.45) is 3.08. The lowest BCUT2D eigenvalue weighted by molar-refractivity contribution is -0.158. The van der Waals surface area contributed by atoms with Crippen LogP contribution >= 0.6 is 23.1 Å². The van der Waals surface area contributed by atoms with Crippen molar-refractivity contribution >= 4 is 63.5 Å². The third kappa shape index (κ3) is 3.97. The fraction of sp³-hybridized carbons (Fsp3) is 0.333. The number of carboxylic acid groups (broad SMARTS) is 1. The number of pyridine rings is 1. The Bertz CT molecular complexity index is 1350. The van der Waals surface area contributed by atoms with E-state index in [1.54, 1.807) is 6.20 Å². The first kappa shape index (κ1) is 23.1. The molecule has 14 heteroatoms. The lowest BCUT2D eigenvalue weighted by Crippen LogP contribution is -2.74. The number of hydrogen-bond acceptors (Lipinski definition) is 11. The number of oxazole rings is 1. The first-order valence-electron chi connectivity index (χ1n) is 10.4. The number of amides is 2. The molecule has 2 aliphatic rings. The number of nitrogens with one attached hydrogen (secondary N) is 1. The highest BCUT2D eigenvalue weighted by Gasteiger charge is 2.57. The van der Waals surface area contributed by atoms with Gasteiger partial charge in [0.15, 0.2) is 5.71 Å². The molecule has 0 bridgehead atoms. The van der Waals surface area contributed by atoms with Crippen molar-refractivity contribution in [2.24, 2.45) is 10.6 Å². The molecule has 35 heavy (non-hydrogen) atoms. The van der Waals surface area contributed by atoms with Crippen LogP contribution in [-0.2, 0) is 25.6 Å². The predicted octanol–water partition coefficient (Wildman–Crippen LogP) is 0.931. The molecule has 3 aromatic heterocycles. The van der Waals surface area contributed by atoms with Crippen molar-refractivity contribution in [1.29, 1.82) is 0 Å². The highest BCUT2D eigenvalue weighted by atomic mass is 32.2. The molecular formula is C21H20N6O6S2. The van der Waals surface area contributed by atoms with Crippen molar-refractivity contribution in [3.05, 3.63) is 40.5 Å². The molecule has 2 saturated heterocycles. The number of thiophene rings is 1. The minimum Gasteiger partial charge on any atom is -0.481 e. The van der Waals surface area contributed by atoms with Crippen LogP contribution in [0, 0.1) is 5.41 Å². The highest BCUT2D eigenvalue weighted by Crippen LogP contribution is 2.44. The van der Waals surface area contributed by atoms with Gasteiger partial charge < -0.3 is 30.3 Å². The summed E-state index contributed by atoms with van der Waals surface area (Å²) in [7, 11) is 1.27. The maximum absolute atomic E-state index is 13.0. The van der Waals surface area contributed by atoms with Gasteiger partial charge >= 0.3 is 5.97 Å². The molecule has 2 aliphatic heterocycles. The Hall–Kier alpha value is -3.65. The molecule has 0 saturated carbocycles. The second kappa shape index (κ2) is 8.85. The van der Waals surface area contributed by atoms with Crippen molar-refractivity contribution in [3.8, 4) is 0 Å². The highest BCUT2D eigenvalue weighted by molar-refractivity contribution is 8.00. The number of anilines is 1. The molecule has 5 heterocycles. The van der Waals surface area contributed by atoms with Crippen LogP contribution in [0.25, 0.3) is 10.9 Å². The van der Waals surface area contributed by atoms with Crippen molar-refractivity contribution in [2.45, 2.75) is 17.8 Å². The second-order valence-corrected chi connectivity index (χ2v) is 10.1. The number of oxime groups is 1. The Morgan fingerprint density at radius 1 is 1.46 bits per heavy atom. The van der Waals surface area contributed by atoms with Crippen molar-refractivity contribution < 1.29 is 28.7 Å². The Balaban J connectivity index is 1.32. The summed E-state index contributed by atoms with van der Waals surface area (Å²) < 4.78 is 4.92. The Labute approximate surface area is 206 Å². The molecule has 5 rings (SSSR count). The number of nitrogen functional groups attached to an aromatic ring is 1. The van der Waals surface area contributed by atoms with Gasteiger partial charge in [-0.3, -0.25) is 19.4 Å². The molecule has 12 nitrogen and oxygen atoms in total. The van der Waals surface area contributed by atoms with Crippen LogP contribution < -0.4 is 11.1 Å². The Kier molecular flexibility index (Phi) is 5.84. The lowest BCUT2D eigenvalue weighted by Gasteiger charge is -2.53. The molecule has 2 fully saturated rings. The third-order valence-electron chi connectivity index (χ3n) is 6.05. The van der Waals surface area contributed by atoms with Gasteiger partial charge in [-0.2, -0.15) is 4.98 Å². The number of thioether (sulfide) groups is 1. The number of carboxylic acids is 1. The summed E-state index contributed by atoms with van der Waals surface area (Å²) in [6, 6.07) is 0.837. The quantitative estimate of drug-likeness (QED) is 0.233. The number of nitrogens with two attached hydrogens (primary N) is 1. The van der Waals surface area contributed by atoms with Crippen LogP contribution in [0.1, 0.15) is 11.3 Å². The monoisotopic (exact) mass is 516 g/mol. The number of fused-ring (bicyclic) bond motifs is 2. The average Bonchev–Trinajstić information content (AvgIpc) is 3.50. The third-order valence-corrected chi connectivity index (χ3v) is 8.37. The molecule has 3 atom stereocenters. The molecular weight excluding hydrogens is 496 g/mol. The SMILES string of the molecule is CON=C(C(=O)NC1C(=O)N2CC(Cc3ccnc4cscc34)(C(=O)O)CS[C@H]12)c1coc(N)n1. The van der Waals surface area contributed by atoms with Gasteiger partial charge in [-0.1, -0.05) is 5.16 Å². The van der Waals surface area contributed by atoms with E-state index in [-0.39, 0.29) is 42.0 Å². The summed E-state index contributed by atoms with van der Waals surface area (Å²) in [6.45, 7) is 0.0397. The summed E-state index contributed by atoms with van der Waals surface area (Å²) in [4.78, 5) is 52.6. The van der Waals surface area contributed by atoms with Crippen LogP contribution in [-0.4, -0.2) is 74.3 Å². The number of rotatable bonds is 7. The van der Waals surface area contributed by atoms with Crippen LogP contribution in [0.2, 0.25) is 0 Å². The van der Waals surface area contributed by atoms with E-state index in [1.165, 1.54) is 35.1 Å². The number of hydrogen-bond donors (Lipinski definition) is 3. The van der Waals surface area contributed by atoms with Gasteiger partial charge in [0, 0.05) is 34.6 Å². The van der Waals surface area contributed by atoms with Crippen molar-refractivity contribution in [1.82, 2.24) is 20.2 Å². The van der Waals surface area contributed by atoms with Crippen LogP contribution in [0.15, 0.2) is 38.9 Å². The van der Waals surface area contributed by atoms with E-state index in [4.69, 9.17) is 15.0 Å². The molecule has 3 aromatic rings. The molecule has 4 N–H and O–H groups in total. The fourth-order valence-electron chi connectivity index (χ4n) is 4.29. The summed E-state index contributed by atoms with van der Waals surface area (Å²) in [5, 5.41) is 20.9. The van der Waals surface area contributed by atoms with Crippen molar-refractivity contribution in [2.75, 3.05) is 25.1 Å². The minimum atomic E-state index is -1.16. The van der Waals surface area contributed by atoms with E-state index in [1.807, 2.05) is 16.8 Å². The zero-order valence-electron chi connectivity index (χ0n) is 18.3. The van der Waals surface area contributed by atoms with Gasteiger partial charge in [0.25, 0.3) is 11.9 Å². The van der Waals surface area contributed by atoms with Crippen LogP contribution in [0.4, 0.5) is 6.01 Å². The summed E-state index contributed by atoms with van der Waals surface area (Å²) in [5.74, 6) is -1.75. The number of β-lactam (4-membered cyclic amide) rings is 1. The first-order valence-corrected chi connectivity index (χ1v) is 12.4. The number of nitrogens with zero attached hydrogens (tertiary/aromatic N) is 4. The number of carbonyl (C=O) groups is 3. The van der Waals surface area contributed by atoms with Gasteiger partial charge in [-0.25, -0.2) is 0 Å². The first-order chi connectivity index (χ1) is 16.8. The molecule has 182 valence electrons. The molecule has 0 spiro atoms. The maximum atomic E-state index is 13.0. The van der Waals surface area contributed by atoms with Gasteiger partial charge in [0.2, 0.25) is 5.91 Å². The minimum absolute atomic E-state index is 0.0397. The molecule has 2 unspecified atom stereocenters. The van der Waals surface area contributed by atoms with E-state index in [0.717, 1.165) is 22.7 Å².